The van der Waals surface area contributed by atoms with E-state index in [4.69, 9.17) is 0 Å². The Hall–Kier alpha value is -1.82. The molecule has 0 radical (unpaired) electrons. The number of nitrogens with one attached hydrogen (secondary N) is 1. The summed E-state index contributed by atoms with van der Waals surface area (Å²) in [6, 6.07) is 11.3. The molecular weight excluding hydrogens is 236 g/mol. The van der Waals surface area contributed by atoms with Gasteiger partial charge in [-0.05, 0) is 23.8 Å². The van der Waals surface area contributed by atoms with Gasteiger partial charge in [-0.3, -0.25) is 4.79 Å². The minimum atomic E-state index is -0.696. The van der Waals surface area contributed by atoms with E-state index in [2.05, 4.69) is 18.3 Å². The van der Waals surface area contributed by atoms with Crippen LogP contribution in [0.2, 0.25) is 0 Å². The van der Waals surface area contributed by atoms with Gasteiger partial charge in [-0.25, -0.2) is 0 Å². The number of carbonyl (C=O) groups excluding carboxylic acids is 1. The summed E-state index contributed by atoms with van der Waals surface area (Å²) in [6.07, 6.45) is 3.69. The third-order valence-electron chi connectivity index (χ3n) is 4.10. The van der Waals surface area contributed by atoms with Crippen molar-refractivity contribution in [1.29, 1.82) is 5.26 Å². The van der Waals surface area contributed by atoms with Gasteiger partial charge in [0, 0.05) is 6.54 Å². The maximum atomic E-state index is 12.1. The number of benzene rings is 1. The molecular formula is C16H20N2O. The number of nitrogens with zero attached hydrogens (tertiary/aromatic N) is 1. The molecule has 1 saturated carbocycles. The lowest BCUT2D eigenvalue weighted by atomic mass is 9.96. The minimum absolute atomic E-state index is 0.173. The second-order valence-corrected chi connectivity index (χ2v) is 5.39. The van der Waals surface area contributed by atoms with Crippen LogP contribution in [0.5, 0.6) is 0 Å². The van der Waals surface area contributed by atoms with Gasteiger partial charge in [0.05, 0.1) is 6.07 Å². The quantitative estimate of drug-likeness (QED) is 0.900. The molecule has 100 valence electrons. The van der Waals surface area contributed by atoms with Gasteiger partial charge in [0.25, 0.3) is 0 Å². The fourth-order valence-electron chi connectivity index (χ4n) is 2.79. The summed E-state index contributed by atoms with van der Waals surface area (Å²) < 4.78 is 0. The summed E-state index contributed by atoms with van der Waals surface area (Å²) in [5.41, 5.74) is 0.766. The highest BCUT2D eigenvalue weighted by Crippen LogP contribution is 2.30. The highest BCUT2D eigenvalue weighted by Gasteiger charge is 2.25. The van der Waals surface area contributed by atoms with Crippen molar-refractivity contribution in [1.82, 2.24) is 5.32 Å². The van der Waals surface area contributed by atoms with Crippen molar-refractivity contribution in [3.8, 4) is 6.07 Å². The molecule has 1 N–H and O–H groups in total. The fourth-order valence-corrected chi connectivity index (χ4v) is 2.79. The van der Waals surface area contributed by atoms with Crippen molar-refractivity contribution in [3.05, 3.63) is 35.9 Å². The molecule has 3 heteroatoms. The molecule has 3 atom stereocenters. The number of hydrogen-bond acceptors (Lipinski definition) is 2. The molecule has 1 fully saturated rings. The monoisotopic (exact) mass is 256 g/mol. The summed E-state index contributed by atoms with van der Waals surface area (Å²) in [7, 11) is 0. The maximum Gasteiger partial charge on any atom is 0.241 e. The van der Waals surface area contributed by atoms with Gasteiger partial charge in [0.2, 0.25) is 5.91 Å². The minimum Gasteiger partial charge on any atom is -0.354 e. The van der Waals surface area contributed by atoms with Crippen LogP contribution in [0.1, 0.15) is 37.7 Å². The van der Waals surface area contributed by atoms with Crippen LogP contribution < -0.4 is 5.32 Å². The summed E-state index contributed by atoms with van der Waals surface area (Å²) in [4.78, 5) is 12.1. The first-order valence-electron chi connectivity index (χ1n) is 6.94. The molecule has 3 unspecified atom stereocenters. The number of amides is 1. The van der Waals surface area contributed by atoms with Crippen molar-refractivity contribution in [2.45, 2.75) is 32.1 Å². The summed E-state index contributed by atoms with van der Waals surface area (Å²) in [5.74, 6) is 0.377. The van der Waals surface area contributed by atoms with Crippen molar-refractivity contribution in [2.75, 3.05) is 6.54 Å². The molecule has 0 bridgehead atoms. The predicted molar refractivity (Wildman–Crippen MR) is 74.3 cm³/mol. The van der Waals surface area contributed by atoms with Crippen LogP contribution in [0.15, 0.2) is 30.3 Å². The fraction of sp³-hybridized carbons (Fsp3) is 0.500. The largest absolute Gasteiger partial charge is 0.354 e. The molecule has 1 amide bonds. The summed E-state index contributed by atoms with van der Waals surface area (Å²) in [6.45, 7) is 2.94. The number of carbonyl (C=O) groups is 1. The van der Waals surface area contributed by atoms with Crippen LogP contribution in [0, 0.1) is 23.2 Å². The molecule has 3 nitrogen and oxygen atoms in total. The van der Waals surface area contributed by atoms with Gasteiger partial charge in [-0.2, -0.15) is 5.26 Å². The Morgan fingerprint density at radius 3 is 2.74 bits per heavy atom. The molecule has 0 heterocycles. The first-order chi connectivity index (χ1) is 9.22. The zero-order valence-corrected chi connectivity index (χ0v) is 11.3. The van der Waals surface area contributed by atoms with Crippen LogP contribution in [0.25, 0.3) is 0 Å². The Kier molecular flexibility index (Phi) is 4.57. The summed E-state index contributed by atoms with van der Waals surface area (Å²) >= 11 is 0. The van der Waals surface area contributed by atoms with Gasteiger partial charge in [0.15, 0.2) is 0 Å². The van der Waals surface area contributed by atoms with E-state index in [-0.39, 0.29) is 5.91 Å². The van der Waals surface area contributed by atoms with Gasteiger partial charge in [0.1, 0.15) is 5.92 Å². The van der Waals surface area contributed by atoms with E-state index in [1.165, 1.54) is 19.3 Å². The molecule has 0 aliphatic heterocycles. The van der Waals surface area contributed by atoms with Crippen LogP contribution >= 0.6 is 0 Å². The molecule has 0 spiro atoms. The zero-order valence-electron chi connectivity index (χ0n) is 11.3. The SMILES string of the molecule is CC1CCCC1CNC(=O)C(C#N)c1ccccc1. The lowest BCUT2D eigenvalue weighted by Crippen LogP contribution is -2.33. The molecule has 1 aliphatic carbocycles. The third kappa shape index (κ3) is 3.35. The molecule has 19 heavy (non-hydrogen) atoms. The number of rotatable bonds is 4. The van der Waals surface area contributed by atoms with Crippen molar-refractivity contribution in [3.63, 3.8) is 0 Å². The molecule has 2 rings (SSSR count). The molecule has 0 aromatic heterocycles. The Balaban J connectivity index is 1.93. The zero-order chi connectivity index (χ0) is 13.7. The van der Waals surface area contributed by atoms with Crippen LogP contribution in [0.4, 0.5) is 0 Å². The van der Waals surface area contributed by atoms with Crippen molar-refractivity contribution >= 4 is 5.91 Å². The van der Waals surface area contributed by atoms with Gasteiger partial charge < -0.3 is 5.32 Å². The van der Waals surface area contributed by atoms with E-state index in [9.17, 15) is 10.1 Å². The molecule has 1 aromatic rings. The number of hydrogen-bond donors (Lipinski definition) is 1. The van der Waals surface area contributed by atoms with Crippen LogP contribution in [0.3, 0.4) is 0 Å². The van der Waals surface area contributed by atoms with E-state index in [0.29, 0.717) is 18.4 Å². The van der Waals surface area contributed by atoms with E-state index >= 15 is 0 Å². The highest BCUT2D eigenvalue weighted by molar-refractivity contribution is 5.86. The molecule has 1 aliphatic rings. The average molecular weight is 256 g/mol. The maximum absolute atomic E-state index is 12.1. The normalized spacial score (nSPS) is 23.6. The van der Waals surface area contributed by atoms with Crippen LogP contribution in [-0.2, 0) is 4.79 Å². The van der Waals surface area contributed by atoms with Crippen LogP contribution in [-0.4, -0.2) is 12.5 Å². The lowest BCUT2D eigenvalue weighted by molar-refractivity contribution is -0.121. The van der Waals surface area contributed by atoms with E-state index in [0.717, 1.165) is 5.56 Å². The topological polar surface area (TPSA) is 52.9 Å². The first-order valence-corrected chi connectivity index (χ1v) is 6.94. The third-order valence-corrected chi connectivity index (χ3v) is 4.10. The van der Waals surface area contributed by atoms with E-state index < -0.39 is 5.92 Å². The van der Waals surface area contributed by atoms with Gasteiger partial charge in [-0.15, -0.1) is 0 Å². The van der Waals surface area contributed by atoms with Gasteiger partial charge in [-0.1, -0.05) is 50.1 Å². The second kappa shape index (κ2) is 6.38. The van der Waals surface area contributed by atoms with E-state index in [1.54, 1.807) is 0 Å². The Labute approximate surface area is 114 Å². The smallest absolute Gasteiger partial charge is 0.241 e. The summed E-state index contributed by atoms with van der Waals surface area (Å²) in [5, 5.41) is 12.1. The number of nitriles is 1. The molecule has 1 aromatic carbocycles. The Morgan fingerprint density at radius 1 is 1.42 bits per heavy atom. The van der Waals surface area contributed by atoms with E-state index in [1.807, 2.05) is 30.3 Å². The average Bonchev–Trinajstić information content (AvgIpc) is 2.84. The van der Waals surface area contributed by atoms with Gasteiger partial charge >= 0.3 is 0 Å². The first kappa shape index (κ1) is 13.6. The Bertz CT molecular complexity index is 463. The lowest BCUT2D eigenvalue weighted by Gasteiger charge is -2.17. The van der Waals surface area contributed by atoms with Crippen molar-refractivity contribution in [2.24, 2.45) is 11.8 Å². The standard InChI is InChI=1S/C16H20N2O/c1-12-6-5-9-14(12)11-18-16(19)15(10-17)13-7-3-2-4-8-13/h2-4,7-8,12,14-15H,5-6,9,11H2,1H3,(H,18,19). The highest BCUT2D eigenvalue weighted by atomic mass is 16.1. The van der Waals surface area contributed by atoms with Crippen molar-refractivity contribution < 1.29 is 4.79 Å². The Morgan fingerprint density at radius 2 is 2.16 bits per heavy atom. The second-order valence-electron chi connectivity index (χ2n) is 5.39. The predicted octanol–water partition coefficient (Wildman–Crippen LogP) is 2.85. The molecule has 0 saturated heterocycles.